The summed E-state index contributed by atoms with van der Waals surface area (Å²) in [5.41, 5.74) is 2.59. The van der Waals surface area contributed by atoms with Crippen molar-refractivity contribution < 1.29 is 4.74 Å². The van der Waals surface area contributed by atoms with Crippen LogP contribution in [-0.2, 0) is 11.3 Å². The summed E-state index contributed by atoms with van der Waals surface area (Å²) in [6, 6.07) is 6.57. The SMILES string of the molecule is CNCc1ccc(N2CCOCC2(C)C)c(Br)c1. The fraction of sp³-hybridized carbons (Fsp3) is 0.571. The highest BCUT2D eigenvalue weighted by Gasteiger charge is 2.31. The van der Waals surface area contributed by atoms with Gasteiger partial charge < -0.3 is 15.0 Å². The van der Waals surface area contributed by atoms with Gasteiger partial charge in [-0.2, -0.15) is 0 Å². The van der Waals surface area contributed by atoms with Gasteiger partial charge in [-0.15, -0.1) is 0 Å². The molecule has 0 spiro atoms. The number of hydrogen-bond acceptors (Lipinski definition) is 3. The Balaban J connectivity index is 2.27. The molecule has 18 heavy (non-hydrogen) atoms. The Bertz CT molecular complexity index is 420. The number of benzene rings is 1. The van der Waals surface area contributed by atoms with Crippen molar-refractivity contribution >= 4 is 21.6 Å². The van der Waals surface area contributed by atoms with Crippen LogP contribution in [0.15, 0.2) is 22.7 Å². The van der Waals surface area contributed by atoms with E-state index in [2.05, 4.69) is 58.2 Å². The van der Waals surface area contributed by atoms with Crippen molar-refractivity contribution in [3.8, 4) is 0 Å². The number of nitrogens with one attached hydrogen (secondary N) is 1. The van der Waals surface area contributed by atoms with Crippen LogP contribution in [0, 0.1) is 0 Å². The number of nitrogens with zero attached hydrogens (tertiary/aromatic N) is 1. The van der Waals surface area contributed by atoms with E-state index >= 15 is 0 Å². The molecular formula is C14H21BrN2O. The Morgan fingerprint density at radius 3 is 2.83 bits per heavy atom. The summed E-state index contributed by atoms with van der Waals surface area (Å²) in [4.78, 5) is 2.42. The zero-order valence-corrected chi connectivity index (χ0v) is 12.9. The molecule has 1 N–H and O–H groups in total. The Morgan fingerprint density at radius 2 is 2.22 bits per heavy atom. The van der Waals surface area contributed by atoms with Gasteiger partial charge in [-0.3, -0.25) is 0 Å². The minimum absolute atomic E-state index is 0.0469. The summed E-state index contributed by atoms with van der Waals surface area (Å²) in [6.45, 7) is 7.86. The fourth-order valence-electron chi connectivity index (χ4n) is 2.39. The average Bonchev–Trinajstić information content (AvgIpc) is 2.30. The standard InChI is InChI=1S/C14H21BrN2O/c1-14(2)10-18-7-6-17(14)13-5-4-11(9-16-3)8-12(13)15/h4-5,8,16H,6-7,9-10H2,1-3H3. The molecule has 1 saturated heterocycles. The van der Waals surface area contributed by atoms with Gasteiger partial charge in [-0.25, -0.2) is 0 Å². The van der Waals surface area contributed by atoms with Crippen molar-refractivity contribution in [2.24, 2.45) is 0 Å². The molecule has 0 radical (unpaired) electrons. The first kappa shape index (κ1) is 13.8. The fourth-order valence-corrected chi connectivity index (χ4v) is 3.03. The summed E-state index contributed by atoms with van der Waals surface area (Å²) in [5.74, 6) is 0. The van der Waals surface area contributed by atoms with E-state index in [0.29, 0.717) is 0 Å². The summed E-state index contributed by atoms with van der Waals surface area (Å²) in [7, 11) is 1.97. The predicted octanol–water partition coefficient (Wildman–Crippen LogP) is 2.78. The first-order valence-electron chi connectivity index (χ1n) is 6.33. The molecular weight excluding hydrogens is 292 g/mol. The summed E-state index contributed by atoms with van der Waals surface area (Å²) >= 11 is 3.69. The van der Waals surface area contributed by atoms with Crippen molar-refractivity contribution in [3.05, 3.63) is 28.2 Å². The van der Waals surface area contributed by atoms with Crippen LogP contribution < -0.4 is 10.2 Å². The highest BCUT2D eigenvalue weighted by atomic mass is 79.9. The smallest absolute Gasteiger partial charge is 0.0694 e. The quantitative estimate of drug-likeness (QED) is 0.929. The topological polar surface area (TPSA) is 24.5 Å². The number of ether oxygens (including phenoxy) is 1. The highest BCUT2D eigenvalue weighted by molar-refractivity contribution is 9.10. The van der Waals surface area contributed by atoms with Gasteiger partial charge >= 0.3 is 0 Å². The van der Waals surface area contributed by atoms with Crippen molar-refractivity contribution in [1.82, 2.24) is 5.32 Å². The third-order valence-corrected chi connectivity index (χ3v) is 3.96. The number of morpholine rings is 1. The molecule has 0 atom stereocenters. The van der Waals surface area contributed by atoms with E-state index in [1.165, 1.54) is 11.3 Å². The molecule has 1 aromatic carbocycles. The number of halogens is 1. The average molecular weight is 313 g/mol. The third kappa shape index (κ3) is 2.87. The number of rotatable bonds is 3. The molecule has 0 amide bonds. The van der Waals surface area contributed by atoms with E-state index in [1.807, 2.05) is 7.05 Å². The first-order valence-corrected chi connectivity index (χ1v) is 7.12. The van der Waals surface area contributed by atoms with Crippen LogP contribution >= 0.6 is 15.9 Å². The van der Waals surface area contributed by atoms with Gasteiger partial charge in [0.05, 0.1) is 24.4 Å². The van der Waals surface area contributed by atoms with Crippen LogP contribution in [0.2, 0.25) is 0 Å². The molecule has 0 aliphatic carbocycles. The van der Waals surface area contributed by atoms with E-state index < -0.39 is 0 Å². The van der Waals surface area contributed by atoms with Gasteiger partial charge in [-0.1, -0.05) is 6.07 Å². The molecule has 2 rings (SSSR count). The maximum Gasteiger partial charge on any atom is 0.0694 e. The molecule has 0 unspecified atom stereocenters. The van der Waals surface area contributed by atoms with Crippen LogP contribution in [0.3, 0.4) is 0 Å². The van der Waals surface area contributed by atoms with E-state index in [1.54, 1.807) is 0 Å². The maximum absolute atomic E-state index is 5.57. The van der Waals surface area contributed by atoms with Crippen LogP contribution in [0.4, 0.5) is 5.69 Å². The van der Waals surface area contributed by atoms with Gasteiger partial charge in [0.2, 0.25) is 0 Å². The lowest BCUT2D eigenvalue weighted by Gasteiger charge is -2.44. The zero-order chi connectivity index (χ0) is 13.2. The number of anilines is 1. The number of hydrogen-bond donors (Lipinski definition) is 1. The summed E-state index contributed by atoms with van der Waals surface area (Å²) in [6.07, 6.45) is 0. The van der Waals surface area contributed by atoms with Gasteiger partial charge in [0.15, 0.2) is 0 Å². The monoisotopic (exact) mass is 312 g/mol. The lowest BCUT2D eigenvalue weighted by atomic mass is 10.0. The van der Waals surface area contributed by atoms with Gasteiger partial charge in [-0.05, 0) is 54.5 Å². The maximum atomic E-state index is 5.57. The Kier molecular flexibility index (Phi) is 4.30. The Labute approximate surface area is 118 Å². The largest absolute Gasteiger partial charge is 0.377 e. The molecule has 100 valence electrons. The van der Waals surface area contributed by atoms with Gasteiger partial charge in [0, 0.05) is 17.6 Å². The van der Waals surface area contributed by atoms with E-state index in [0.717, 1.165) is 30.8 Å². The molecule has 4 heteroatoms. The molecule has 0 bridgehead atoms. The van der Waals surface area contributed by atoms with Crippen LogP contribution in [0.25, 0.3) is 0 Å². The highest BCUT2D eigenvalue weighted by Crippen LogP contribution is 2.33. The second kappa shape index (κ2) is 5.59. The van der Waals surface area contributed by atoms with Crippen molar-refractivity contribution in [2.75, 3.05) is 31.7 Å². The van der Waals surface area contributed by atoms with Crippen molar-refractivity contribution in [1.29, 1.82) is 0 Å². The molecule has 1 aromatic rings. The second-order valence-electron chi connectivity index (χ2n) is 5.33. The molecule has 0 saturated carbocycles. The molecule has 3 nitrogen and oxygen atoms in total. The van der Waals surface area contributed by atoms with Crippen molar-refractivity contribution in [3.63, 3.8) is 0 Å². The normalized spacial score (nSPS) is 19.0. The Hall–Kier alpha value is -0.580. The lowest BCUT2D eigenvalue weighted by molar-refractivity contribution is 0.0643. The molecule has 1 aliphatic rings. The van der Waals surface area contributed by atoms with Gasteiger partial charge in [0.1, 0.15) is 0 Å². The Morgan fingerprint density at radius 1 is 1.44 bits per heavy atom. The predicted molar refractivity (Wildman–Crippen MR) is 79.1 cm³/mol. The van der Waals surface area contributed by atoms with E-state index in [9.17, 15) is 0 Å². The van der Waals surface area contributed by atoms with E-state index in [-0.39, 0.29) is 5.54 Å². The van der Waals surface area contributed by atoms with Crippen LogP contribution in [0.1, 0.15) is 19.4 Å². The van der Waals surface area contributed by atoms with Crippen molar-refractivity contribution in [2.45, 2.75) is 25.9 Å². The third-order valence-electron chi connectivity index (χ3n) is 3.33. The van der Waals surface area contributed by atoms with Crippen LogP contribution in [-0.4, -0.2) is 32.3 Å². The van der Waals surface area contributed by atoms with Crippen LogP contribution in [0.5, 0.6) is 0 Å². The minimum Gasteiger partial charge on any atom is -0.377 e. The first-order chi connectivity index (χ1) is 8.54. The summed E-state index contributed by atoms with van der Waals surface area (Å²) < 4.78 is 6.73. The zero-order valence-electron chi connectivity index (χ0n) is 11.3. The molecule has 1 heterocycles. The molecule has 1 fully saturated rings. The minimum atomic E-state index is 0.0469. The second-order valence-corrected chi connectivity index (χ2v) is 6.19. The molecule has 1 aliphatic heterocycles. The van der Waals surface area contributed by atoms with Gasteiger partial charge in [0.25, 0.3) is 0 Å². The molecule has 0 aromatic heterocycles. The lowest BCUT2D eigenvalue weighted by Crippen LogP contribution is -2.53. The summed E-state index contributed by atoms with van der Waals surface area (Å²) in [5, 5.41) is 3.17. The van der Waals surface area contributed by atoms with E-state index in [4.69, 9.17) is 4.74 Å².